The van der Waals surface area contributed by atoms with Gasteiger partial charge in [-0.15, -0.1) is 0 Å². The van der Waals surface area contributed by atoms with Gasteiger partial charge in [-0.3, -0.25) is 4.90 Å². The molecule has 0 radical (unpaired) electrons. The summed E-state index contributed by atoms with van der Waals surface area (Å²) in [5, 5.41) is 9.41. The number of ether oxygens (including phenoxy) is 2. The minimum atomic E-state index is -1.20. The van der Waals surface area contributed by atoms with Crippen LogP contribution in [0.2, 0.25) is 5.02 Å². The number of rotatable bonds is 7. The highest BCUT2D eigenvalue weighted by Gasteiger charge is 2.37. The van der Waals surface area contributed by atoms with Crippen molar-refractivity contribution in [2.45, 2.75) is 25.9 Å². The van der Waals surface area contributed by atoms with E-state index in [2.05, 4.69) is 4.98 Å². The Labute approximate surface area is 227 Å². The normalized spacial score (nSPS) is 14.8. The maximum Gasteiger partial charge on any atom is 0.410 e. The van der Waals surface area contributed by atoms with Crippen LogP contribution in [0.1, 0.15) is 28.6 Å². The summed E-state index contributed by atoms with van der Waals surface area (Å²) in [7, 11) is 0. The van der Waals surface area contributed by atoms with Crippen molar-refractivity contribution in [1.82, 2.24) is 14.5 Å². The molecule has 5 rings (SSSR count). The number of aryl methyl sites for hydroxylation is 1. The summed E-state index contributed by atoms with van der Waals surface area (Å²) < 4.78 is 42.0. The number of aliphatic carboxylic acids is 1. The molecule has 1 aliphatic rings. The van der Waals surface area contributed by atoms with Gasteiger partial charge in [0.15, 0.2) is 18.2 Å². The lowest BCUT2D eigenvalue weighted by Crippen LogP contribution is -2.42. The summed E-state index contributed by atoms with van der Waals surface area (Å²) in [5.41, 5.74) is 2.51. The van der Waals surface area contributed by atoms with Crippen LogP contribution in [-0.4, -0.2) is 51.4 Å². The molecule has 11 heteroatoms. The molecule has 4 aromatic rings. The van der Waals surface area contributed by atoms with E-state index in [0.29, 0.717) is 17.7 Å². The van der Waals surface area contributed by atoms with Crippen molar-refractivity contribution in [3.05, 3.63) is 93.8 Å². The molecule has 3 aromatic carbocycles. The van der Waals surface area contributed by atoms with Gasteiger partial charge in [-0.2, -0.15) is 0 Å². The minimum Gasteiger partial charge on any atom is -0.482 e. The van der Waals surface area contributed by atoms with E-state index in [1.807, 2.05) is 35.8 Å². The number of benzene rings is 3. The number of para-hydroxylation sites is 2. The van der Waals surface area contributed by atoms with Crippen LogP contribution in [0.4, 0.5) is 13.6 Å². The fourth-order valence-corrected chi connectivity index (χ4v) is 5.15. The first kappa shape index (κ1) is 26.4. The first-order chi connectivity index (χ1) is 18.7. The van der Waals surface area contributed by atoms with Crippen molar-refractivity contribution < 1.29 is 33.0 Å². The minimum absolute atomic E-state index is 0.0226. The number of amides is 1. The van der Waals surface area contributed by atoms with Crippen LogP contribution in [0.25, 0.3) is 11.0 Å². The fraction of sp³-hybridized carbons (Fsp3) is 0.250. The molecule has 1 N–H and O–H groups in total. The van der Waals surface area contributed by atoms with Gasteiger partial charge in [-0.1, -0.05) is 29.8 Å². The second-order valence-corrected chi connectivity index (χ2v) is 9.49. The van der Waals surface area contributed by atoms with Gasteiger partial charge in [-0.05, 0) is 60.9 Å². The molecule has 0 saturated heterocycles. The van der Waals surface area contributed by atoms with Crippen molar-refractivity contribution in [3.63, 3.8) is 0 Å². The zero-order valence-corrected chi connectivity index (χ0v) is 21.6. The van der Waals surface area contributed by atoms with E-state index in [9.17, 15) is 18.4 Å². The van der Waals surface area contributed by atoms with Crippen LogP contribution in [0.5, 0.6) is 5.75 Å². The lowest BCUT2D eigenvalue weighted by Gasteiger charge is -2.37. The number of carboxylic acid groups (broad SMARTS) is 1. The molecule has 0 saturated carbocycles. The molecule has 2 heterocycles. The van der Waals surface area contributed by atoms with Crippen LogP contribution in [0.3, 0.4) is 0 Å². The van der Waals surface area contributed by atoms with Gasteiger partial charge in [0.05, 0.1) is 23.6 Å². The first-order valence-electron chi connectivity index (χ1n) is 12.2. The molecular formula is C28H24ClF2N3O5. The van der Waals surface area contributed by atoms with Crippen molar-refractivity contribution in [2.75, 3.05) is 19.8 Å². The third-order valence-corrected chi connectivity index (χ3v) is 6.91. The molecule has 1 amide bonds. The summed E-state index contributed by atoms with van der Waals surface area (Å²) >= 11 is 6.26. The van der Waals surface area contributed by atoms with E-state index in [0.717, 1.165) is 22.9 Å². The van der Waals surface area contributed by atoms with Gasteiger partial charge in [0.2, 0.25) is 0 Å². The Bertz CT molecular complexity index is 1570. The predicted molar refractivity (Wildman–Crippen MR) is 139 cm³/mol. The number of carbonyl (C=O) groups excluding carboxylic acids is 1. The van der Waals surface area contributed by atoms with Crippen molar-refractivity contribution in [3.8, 4) is 5.75 Å². The van der Waals surface area contributed by atoms with Crippen LogP contribution in [0.15, 0.2) is 54.6 Å². The summed E-state index contributed by atoms with van der Waals surface area (Å²) in [6.45, 7) is 1.64. The second kappa shape index (κ2) is 10.9. The van der Waals surface area contributed by atoms with Gasteiger partial charge in [-0.25, -0.2) is 23.4 Å². The Balaban J connectivity index is 1.46. The Morgan fingerprint density at radius 1 is 1.13 bits per heavy atom. The number of halogens is 3. The summed E-state index contributed by atoms with van der Waals surface area (Å²) in [6, 6.07) is 13.6. The van der Waals surface area contributed by atoms with Crippen LogP contribution in [0, 0.1) is 18.6 Å². The standard InChI is InChI=1S/C28H24ClF2N3O5/c1-16-32-22-4-2-3-5-23(22)33(16)12-13-38-28(37)34-11-10-18-19(7-8-21(30)26(18)31)27(34)20-14-17(29)6-9-24(20)39-15-25(35)36/h2-9,14,27H,10-13,15H2,1H3,(H,35,36)/t27-/m0/s1. The molecule has 1 aromatic heterocycles. The molecule has 0 bridgehead atoms. The smallest absolute Gasteiger partial charge is 0.410 e. The zero-order chi connectivity index (χ0) is 27.7. The van der Waals surface area contributed by atoms with Crippen molar-refractivity contribution >= 4 is 34.7 Å². The van der Waals surface area contributed by atoms with E-state index in [4.69, 9.17) is 26.2 Å². The molecule has 202 valence electrons. The Hall–Kier alpha value is -4.18. The molecule has 8 nitrogen and oxygen atoms in total. The van der Waals surface area contributed by atoms with E-state index in [-0.39, 0.29) is 35.9 Å². The number of hydrogen-bond acceptors (Lipinski definition) is 5. The highest BCUT2D eigenvalue weighted by Crippen LogP contribution is 2.41. The van der Waals surface area contributed by atoms with Gasteiger partial charge < -0.3 is 19.1 Å². The molecular weight excluding hydrogens is 532 g/mol. The summed E-state index contributed by atoms with van der Waals surface area (Å²) in [6.07, 6.45) is -0.622. The van der Waals surface area contributed by atoms with Crippen molar-refractivity contribution in [2.24, 2.45) is 0 Å². The molecule has 0 fully saturated rings. The van der Waals surface area contributed by atoms with E-state index in [1.54, 1.807) is 0 Å². The first-order valence-corrected chi connectivity index (χ1v) is 12.6. The number of imidazole rings is 1. The molecule has 1 aliphatic heterocycles. The van der Waals surface area contributed by atoms with Crippen LogP contribution in [-0.2, 0) is 22.5 Å². The maximum atomic E-state index is 14.8. The monoisotopic (exact) mass is 555 g/mol. The SMILES string of the molecule is Cc1nc2ccccc2n1CCOC(=O)N1CCc2c(ccc(F)c2F)[C@H]1c1cc(Cl)ccc1OCC(=O)O. The molecule has 39 heavy (non-hydrogen) atoms. The molecule has 0 unspecified atom stereocenters. The van der Waals surface area contributed by atoms with Gasteiger partial charge in [0.25, 0.3) is 0 Å². The fourth-order valence-electron chi connectivity index (χ4n) is 4.97. The lowest BCUT2D eigenvalue weighted by atomic mass is 9.87. The Kier molecular flexibility index (Phi) is 7.38. The topological polar surface area (TPSA) is 93.9 Å². The van der Waals surface area contributed by atoms with E-state index < -0.39 is 36.3 Å². The van der Waals surface area contributed by atoms with E-state index >= 15 is 0 Å². The number of fused-ring (bicyclic) bond motifs is 2. The van der Waals surface area contributed by atoms with Crippen LogP contribution >= 0.6 is 11.6 Å². The number of carbonyl (C=O) groups is 2. The van der Waals surface area contributed by atoms with Gasteiger partial charge in [0, 0.05) is 17.1 Å². The Morgan fingerprint density at radius 3 is 2.72 bits per heavy atom. The highest BCUT2D eigenvalue weighted by molar-refractivity contribution is 6.30. The van der Waals surface area contributed by atoms with Crippen molar-refractivity contribution in [1.29, 1.82) is 0 Å². The number of hydrogen-bond donors (Lipinski definition) is 1. The average molecular weight is 556 g/mol. The second-order valence-electron chi connectivity index (χ2n) is 9.05. The van der Waals surface area contributed by atoms with Gasteiger partial charge in [0.1, 0.15) is 18.2 Å². The van der Waals surface area contributed by atoms with Crippen LogP contribution < -0.4 is 4.74 Å². The molecule has 0 aliphatic carbocycles. The summed E-state index contributed by atoms with van der Waals surface area (Å²) in [4.78, 5) is 30.5. The lowest BCUT2D eigenvalue weighted by molar-refractivity contribution is -0.139. The Morgan fingerprint density at radius 2 is 1.92 bits per heavy atom. The number of carboxylic acids is 1. The predicted octanol–water partition coefficient (Wildman–Crippen LogP) is 5.52. The third kappa shape index (κ3) is 5.24. The van der Waals surface area contributed by atoms with Gasteiger partial charge >= 0.3 is 12.1 Å². The molecule has 1 atom stereocenters. The number of nitrogens with zero attached hydrogens (tertiary/aromatic N) is 3. The highest BCUT2D eigenvalue weighted by atomic mass is 35.5. The third-order valence-electron chi connectivity index (χ3n) is 6.68. The largest absolute Gasteiger partial charge is 0.482 e. The quantitative estimate of drug-likeness (QED) is 0.322. The number of aromatic nitrogens is 2. The average Bonchev–Trinajstić information content (AvgIpc) is 3.24. The zero-order valence-electron chi connectivity index (χ0n) is 20.9. The van der Waals surface area contributed by atoms with E-state index in [1.165, 1.54) is 29.2 Å². The summed E-state index contributed by atoms with van der Waals surface area (Å²) in [5.74, 6) is -2.29. The maximum absolute atomic E-state index is 14.8. The molecule has 0 spiro atoms.